The third-order valence-electron chi connectivity index (χ3n) is 2.87. The Hall–Kier alpha value is -1.60. The van der Waals surface area contributed by atoms with Crippen LogP contribution in [0.3, 0.4) is 0 Å². The van der Waals surface area contributed by atoms with Gasteiger partial charge < -0.3 is 9.84 Å². The smallest absolute Gasteiger partial charge is 0.337 e. The summed E-state index contributed by atoms with van der Waals surface area (Å²) in [6, 6.07) is 3.97. The second kappa shape index (κ2) is 6.03. The normalized spacial score (nSPS) is 16.2. The number of nitro groups is 1. The molecule has 1 N–H and O–H groups in total. The van der Waals surface area contributed by atoms with Crippen LogP contribution in [0.1, 0.15) is 23.2 Å². The molecule has 1 aliphatic heterocycles. The Morgan fingerprint density at radius 2 is 2.11 bits per heavy atom. The summed E-state index contributed by atoms with van der Waals surface area (Å²) in [5, 5.41) is 20.1. The number of aromatic carboxylic acids is 1. The van der Waals surface area contributed by atoms with E-state index in [0.29, 0.717) is 23.4 Å². The molecular weight excluding hydrogens is 270 g/mol. The van der Waals surface area contributed by atoms with Gasteiger partial charge in [0.1, 0.15) is 0 Å². The van der Waals surface area contributed by atoms with Crippen LogP contribution in [-0.2, 0) is 4.74 Å². The van der Waals surface area contributed by atoms with Crippen LogP contribution in [0.25, 0.3) is 0 Å². The SMILES string of the molecule is O=C(O)c1cc([N+](=O)[O-])ccc1SC1CCOCC1. The average molecular weight is 283 g/mol. The van der Waals surface area contributed by atoms with Gasteiger partial charge >= 0.3 is 5.97 Å². The maximum atomic E-state index is 11.2. The first-order valence-electron chi connectivity index (χ1n) is 5.84. The number of hydrogen-bond acceptors (Lipinski definition) is 5. The lowest BCUT2D eigenvalue weighted by atomic mass is 10.2. The fourth-order valence-electron chi connectivity index (χ4n) is 1.87. The second-order valence-corrected chi connectivity index (χ2v) is 5.51. The largest absolute Gasteiger partial charge is 0.478 e. The zero-order chi connectivity index (χ0) is 13.8. The molecule has 1 aromatic carbocycles. The zero-order valence-electron chi connectivity index (χ0n) is 10.1. The Morgan fingerprint density at radius 3 is 2.68 bits per heavy atom. The Kier molecular flexibility index (Phi) is 4.39. The van der Waals surface area contributed by atoms with Crippen molar-refractivity contribution < 1.29 is 19.6 Å². The van der Waals surface area contributed by atoms with Crippen molar-refractivity contribution in [2.45, 2.75) is 23.0 Å². The van der Waals surface area contributed by atoms with Gasteiger partial charge in [-0.15, -0.1) is 11.8 Å². The van der Waals surface area contributed by atoms with E-state index in [1.165, 1.54) is 23.9 Å². The maximum absolute atomic E-state index is 11.2. The van der Waals surface area contributed by atoms with Crippen molar-refractivity contribution in [2.75, 3.05) is 13.2 Å². The number of carboxylic acids is 1. The first-order chi connectivity index (χ1) is 9.08. The summed E-state index contributed by atoms with van der Waals surface area (Å²) in [6.45, 7) is 1.35. The van der Waals surface area contributed by atoms with Crippen LogP contribution < -0.4 is 0 Å². The topological polar surface area (TPSA) is 89.7 Å². The highest BCUT2D eigenvalue weighted by Gasteiger charge is 2.21. The van der Waals surface area contributed by atoms with Crippen LogP contribution >= 0.6 is 11.8 Å². The van der Waals surface area contributed by atoms with Crippen LogP contribution in [0.2, 0.25) is 0 Å². The van der Waals surface area contributed by atoms with E-state index < -0.39 is 10.9 Å². The van der Waals surface area contributed by atoms with Crippen LogP contribution in [0, 0.1) is 10.1 Å². The quantitative estimate of drug-likeness (QED) is 0.674. The first kappa shape index (κ1) is 13.8. The third-order valence-corrected chi connectivity index (χ3v) is 4.28. The molecule has 1 fully saturated rings. The van der Waals surface area contributed by atoms with E-state index in [2.05, 4.69) is 0 Å². The third kappa shape index (κ3) is 3.45. The minimum Gasteiger partial charge on any atom is -0.478 e. The van der Waals surface area contributed by atoms with Gasteiger partial charge in [-0.1, -0.05) is 0 Å². The summed E-state index contributed by atoms with van der Waals surface area (Å²) >= 11 is 1.46. The second-order valence-electron chi connectivity index (χ2n) is 4.17. The van der Waals surface area contributed by atoms with E-state index >= 15 is 0 Å². The van der Waals surface area contributed by atoms with Gasteiger partial charge in [-0.05, 0) is 18.9 Å². The van der Waals surface area contributed by atoms with Gasteiger partial charge in [0, 0.05) is 35.5 Å². The number of ether oxygens (including phenoxy) is 1. The molecule has 7 heteroatoms. The number of thioether (sulfide) groups is 1. The molecule has 102 valence electrons. The Labute approximate surface area is 113 Å². The molecule has 1 aliphatic rings. The Balaban J connectivity index is 2.23. The summed E-state index contributed by atoms with van der Waals surface area (Å²) in [6.07, 6.45) is 1.72. The number of carbonyl (C=O) groups is 1. The maximum Gasteiger partial charge on any atom is 0.337 e. The lowest BCUT2D eigenvalue weighted by molar-refractivity contribution is -0.384. The van der Waals surface area contributed by atoms with Crippen LogP contribution in [0.5, 0.6) is 0 Å². The van der Waals surface area contributed by atoms with Crippen LogP contribution in [-0.4, -0.2) is 34.5 Å². The fraction of sp³-hybridized carbons (Fsp3) is 0.417. The molecule has 0 spiro atoms. The first-order valence-corrected chi connectivity index (χ1v) is 6.72. The zero-order valence-corrected chi connectivity index (χ0v) is 10.9. The molecule has 0 aliphatic carbocycles. The number of non-ortho nitro benzene ring substituents is 1. The summed E-state index contributed by atoms with van der Waals surface area (Å²) in [5.41, 5.74) is -0.209. The van der Waals surface area contributed by atoms with Gasteiger partial charge in [0.05, 0.1) is 10.5 Å². The summed E-state index contributed by atoms with van der Waals surface area (Å²) in [4.78, 5) is 21.8. The number of benzene rings is 1. The van der Waals surface area contributed by atoms with Gasteiger partial charge in [-0.3, -0.25) is 10.1 Å². The highest BCUT2D eigenvalue weighted by molar-refractivity contribution is 8.00. The van der Waals surface area contributed by atoms with Crippen molar-refractivity contribution in [2.24, 2.45) is 0 Å². The van der Waals surface area contributed by atoms with Gasteiger partial charge in [0.15, 0.2) is 0 Å². The lowest BCUT2D eigenvalue weighted by Crippen LogP contribution is -2.17. The van der Waals surface area contributed by atoms with E-state index in [0.717, 1.165) is 18.9 Å². The van der Waals surface area contributed by atoms with E-state index in [4.69, 9.17) is 9.84 Å². The molecule has 0 bridgehead atoms. The van der Waals surface area contributed by atoms with Crippen LogP contribution in [0.15, 0.2) is 23.1 Å². The molecule has 1 heterocycles. The molecule has 1 saturated heterocycles. The summed E-state index contributed by atoms with van der Waals surface area (Å²) in [7, 11) is 0. The molecular formula is C12H13NO5S. The van der Waals surface area contributed by atoms with Crippen molar-refractivity contribution in [3.8, 4) is 0 Å². The van der Waals surface area contributed by atoms with Gasteiger partial charge in [-0.2, -0.15) is 0 Å². The number of carboxylic acid groups (broad SMARTS) is 1. The Morgan fingerprint density at radius 1 is 1.42 bits per heavy atom. The molecule has 1 aromatic rings. The van der Waals surface area contributed by atoms with E-state index in [1.807, 2.05) is 0 Å². The van der Waals surface area contributed by atoms with E-state index in [9.17, 15) is 14.9 Å². The summed E-state index contributed by atoms with van der Waals surface area (Å²) in [5.74, 6) is -1.14. The average Bonchev–Trinajstić information content (AvgIpc) is 2.39. The lowest BCUT2D eigenvalue weighted by Gasteiger charge is -2.21. The molecule has 6 nitrogen and oxygen atoms in total. The molecule has 2 rings (SSSR count). The molecule has 0 atom stereocenters. The van der Waals surface area contributed by atoms with Crippen molar-refractivity contribution in [1.82, 2.24) is 0 Å². The molecule has 0 amide bonds. The standard InChI is InChI=1S/C12H13NO5S/c14-12(15)10-7-8(13(16)17)1-2-11(10)19-9-3-5-18-6-4-9/h1-2,7,9H,3-6H2,(H,14,15). The number of nitrogens with zero attached hydrogens (tertiary/aromatic N) is 1. The van der Waals surface area contributed by atoms with Crippen molar-refractivity contribution >= 4 is 23.4 Å². The number of hydrogen-bond donors (Lipinski definition) is 1. The van der Waals surface area contributed by atoms with Gasteiger partial charge in [-0.25, -0.2) is 4.79 Å². The molecule has 19 heavy (non-hydrogen) atoms. The van der Waals surface area contributed by atoms with E-state index in [-0.39, 0.29) is 11.3 Å². The number of nitro benzene ring substituents is 1. The van der Waals surface area contributed by atoms with Gasteiger partial charge in [0.25, 0.3) is 5.69 Å². The van der Waals surface area contributed by atoms with Crippen molar-refractivity contribution in [3.05, 3.63) is 33.9 Å². The molecule has 0 saturated carbocycles. The minimum atomic E-state index is -1.14. The monoisotopic (exact) mass is 283 g/mol. The number of rotatable bonds is 4. The predicted molar refractivity (Wildman–Crippen MR) is 69.8 cm³/mol. The Bertz CT molecular complexity index is 499. The van der Waals surface area contributed by atoms with Crippen molar-refractivity contribution in [3.63, 3.8) is 0 Å². The van der Waals surface area contributed by atoms with Gasteiger partial charge in [0.2, 0.25) is 0 Å². The van der Waals surface area contributed by atoms with E-state index in [1.54, 1.807) is 0 Å². The molecule has 0 radical (unpaired) electrons. The van der Waals surface area contributed by atoms with Crippen LogP contribution in [0.4, 0.5) is 5.69 Å². The van der Waals surface area contributed by atoms with Crippen molar-refractivity contribution in [1.29, 1.82) is 0 Å². The predicted octanol–water partition coefficient (Wildman–Crippen LogP) is 2.56. The molecule has 0 aromatic heterocycles. The fourth-order valence-corrected chi connectivity index (χ4v) is 3.08. The highest BCUT2D eigenvalue weighted by Crippen LogP contribution is 2.33. The highest BCUT2D eigenvalue weighted by atomic mass is 32.2. The summed E-state index contributed by atoms with van der Waals surface area (Å²) < 4.78 is 5.25. The minimum absolute atomic E-state index is 0.00862. The molecule has 0 unspecified atom stereocenters.